The number of aromatic nitrogens is 3. The molecule has 1 aliphatic rings. The second-order valence-corrected chi connectivity index (χ2v) is 12.6. The summed E-state index contributed by atoms with van der Waals surface area (Å²) in [6, 6.07) is 9.21. The predicted octanol–water partition coefficient (Wildman–Crippen LogP) is 2.93. The standard InChI is InChI=1S/C29H39N6O8P/c1-6-20(7-2)13-40-28(38)19(5)34-44(39,43-25-17(3)9-8-10-18(25)4)41-14-22-24(36)26(37)29(15-30,42-22)23-12-11-21-27(31)32-16-33-35(21)23/h8-12,16,19-20,22,24,26,36-37H,6-7,13-14H2,1-5H3,(H,34,39)(H2,31,32,33)/t19-,22+,24+,26+,29-,44?/m0/s1. The number of anilines is 1. The van der Waals surface area contributed by atoms with E-state index in [1.165, 1.54) is 23.8 Å². The van der Waals surface area contributed by atoms with Gasteiger partial charge in [-0.1, -0.05) is 44.9 Å². The van der Waals surface area contributed by atoms with Crippen molar-refractivity contribution in [2.45, 2.75) is 77.4 Å². The van der Waals surface area contributed by atoms with E-state index in [1.54, 1.807) is 32.0 Å². The third-order valence-corrected chi connectivity index (χ3v) is 9.45. The molecular formula is C29H39N6O8P. The first-order valence-electron chi connectivity index (χ1n) is 14.4. The molecule has 238 valence electrons. The molecule has 1 saturated heterocycles. The lowest BCUT2D eigenvalue weighted by atomic mass is 9.92. The summed E-state index contributed by atoms with van der Waals surface area (Å²) in [4.78, 5) is 16.7. The molecule has 44 heavy (non-hydrogen) atoms. The van der Waals surface area contributed by atoms with Crippen molar-refractivity contribution in [2.75, 3.05) is 18.9 Å². The number of carbonyl (C=O) groups is 1. The Kier molecular flexibility index (Phi) is 10.3. The van der Waals surface area contributed by atoms with Crippen molar-refractivity contribution >= 4 is 25.1 Å². The average molecular weight is 631 g/mol. The van der Waals surface area contributed by atoms with Gasteiger partial charge in [0.05, 0.1) is 18.9 Å². The second-order valence-electron chi connectivity index (χ2n) is 10.9. The Morgan fingerprint density at radius 2 is 1.93 bits per heavy atom. The number of fused-ring (bicyclic) bond motifs is 1. The maximum atomic E-state index is 14.2. The second kappa shape index (κ2) is 13.6. The third-order valence-electron chi connectivity index (χ3n) is 7.84. The molecule has 3 aromatic rings. The van der Waals surface area contributed by atoms with Gasteiger partial charge in [0.25, 0.3) is 0 Å². The molecule has 5 N–H and O–H groups in total. The maximum absolute atomic E-state index is 14.2. The van der Waals surface area contributed by atoms with Gasteiger partial charge in [0.1, 0.15) is 48.0 Å². The summed E-state index contributed by atoms with van der Waals surface area (Å²) in [6.45, 7) is 8.62. The minimum absolute atomic E-state index is 0.0973. The van der Waals surface area contributed by atoms with E-state index in [1.807, 2.05) is 26.0 Å². The molecule has 1 unspecified atom stereocenters. The van der Waals surface area contributed by atoms with Crippen LogP contribution in [0, 0.1) is 31.1 Å². The summed E-state index contributed by atoms with van der Waals surface area (Å²) in [7, 11) is -4.37. The van der Waals surface area contributed by atoms with Crippen molar-refractivity contribution in [3.63, 3.8) is 0 Å². The molecule has 3 heterocycles. The molecule has 0 spiro atoms. The Morgan fingerprint density at radius 3 is 2.57 bits per heavy atom. The third kappa shape index (κ3) is 6.58. The average Bonchev–Trinajstić information content (AvgIpc) is 3.55. The number of nitrogens with two attached hydrogens (primary N) is 1. The van der Waals surface area contributed by atoms with E-state index in [4.69, 9.17) is 24.3 Å². The van der Waals surface area contributed by atoms with Crippen molar-refractivity contribution in [1.29, 1.82) is 5.26 Å². The van der Waals surface area contributed by atoms with Gasteiger partial charge < -0.3 is 29.9 Å². The number of nitrogens with zero attached hydrogens (tertiary/aromatic N) is 4. The first-order chi connectivity index (χ1) is 20.9. The number of nitriles is 1. The molecular weight excluding hydrogens is 591 g/mol. The molecule has 1 aromatic carbocycles. The number of aryl methyl sites for hydroxylation is 2. The number of rotatable bonds is 13. The molecule has 0 radical (unpaired) electrons. The number of nitrogen functional groups attached to an aromatic ring is 1. The Labute approximate surface area is 255 Å². The lowest BCUT2D eigenvalue weighted by Crippen LogP contribution is -2.41. The number of nitrogens with one attached hydrogen (secondary N) is 1. The van der Waals surface area contributed by atoms with Crippen molar-refractivity contribution in [3.05, 3.63) is 53.5 Å². The van der Waals surface area contributed by atoms with Crippen LogP contribution >= 0.6 is 7.75 Å². The van der Waals surface area contributed by atoms with E-state index in [0.29, 0.717) is 16.6 Å². The van der Waals surface area contributed by atoms with Gasteiger partial charge in [-0.15, -0.1) is 0 Å². The van der Waals surface area contributed by atoms with Crippen LogP contribution in [0.1, 0.15) is 50.4 Å². The highest BCUT2D eigenvalue weighted by molar-refractivity contribution is 7.52. The lowest BCUT2D eigenvalue weighted by molar-refractivity contribution is -0.146. The van der Waals surface area contributed by atoms with Crippen LogP contribution in [0.25, 0.3) is 5.52 Å². The number of ether oxygens (including phenoxy) is 2. The quantitative estimate of drug-likeness (QED) is 0.159. The van der Waals surface area contributed by atoms with E-state index in [2.05, 4.69) is 15.2 Å². The number of benzene rings is 1. The number of para-hydroxylation sites is 1. The van der Waals surface area contributed by atoms with Gasteiger partial charge in [0.2, 0.25) is 5.60 Å². The van der Waals surface area contributed by atoms with E-state index < -0.39 is 50.3 Å². The molecule has 0 amide bonds. The minimum atomic E-state index is -4.37. The van der Waals surface area contributed by atoms with E-state index >= 15 is 0 Å². The smallest absolute Gasteiger partial charge is 0.459 e. The highest BCUT2D eigenvalue weighted by Gasteiger charge is 2.58. The fourth-order valence-electron chi connectivity index (χ4n) is 5.01. The number of aliphatic hydroxyl groups excluding tert-OH is 2. The van der Waals surface area contributed by atoms with Crippen molar-refractivity contribution < 1.29 is 38.1 Å². The fraction of sp³-hybridized carbons (Fsp3) is 0.517. The zero-order valence-electron chi connectivity index (χ0n) is 25.3. The van der Waals surface area contributed by atoms with Crippen molar-refractivity contribution in [2.24, 2.45) is 5.92 Å². The fourth-order valence-corrected chi connectivity index (χ4v) is 6.65. The van der Waals surface area contributed by atoms with Gasteiger partial charge in [-0.3, -0.25) is 9.32 Å². The molecule has 0 aliphatic carbocycles. The summed E-state index contributed by atoms with van der Waals surface area (Å²) in [5.74, 6) is -0.0515. The zero-order valence-corrected chi connectivity index (χ0v) is 26.2. The summed E-state index contributed by atoms with van der Waals surface area (Å²) >= 11 is 0. The van der Waals surface area contributed by atoms with Gasteiger partial charge >= 0.3 is 13.7 Å². The van der Waals surface area contributed by atoms with Crippen LogP contribution in [0.5, 0.6) is 5.75 Å². The molecule has 1 aliphatic heterocycles. The Hall–Kier alpha value is -3.57. The summed E-state index contributed by atoms with van der Waals surface area (Å²) in [5, 5.41) is 39.0. The van der Waals surface area contributed by atoms with Gasteiger partial charge in [0.15, 0.2) is 5.82 Å². The van der Waals surface area contributed by atoms with Gasteiger partial charge in [0, 0.05) is 0 Å². The molecule has 2 aromatic heterocycles. The van der Waals surface area contributed by atoms with Crippen LogP contribution in [0.3, 0.4) is 0 Å². The van der Waals surface area contributed by atoms with Crippen LogP contribution in [0.2, 0.25) is 0 Å². The first-order valence-corrected chi connectivity index (χ1v) is 15.9. The summed E-state index contributed by atoms with van der Waals surface area (Å²) in [6.07, 6.45) is -1.89. The lowest BCUT2D eigenvalue weighted by Gasteiger charge is -2.26. The van der Waals surface area contributed by atoms with Gasteiger partial charge in [-0.2, -0.15) is 15.4 Å². The number of esters is 1. The zero-order chi connectivity index (χ0) is 32.2. The Morgan fingerprint density at radius 1 is 1.25 bits per heavy atom. The summed E-state index contributed by atoms with van der Waals surface area (Å²) < 4.78 is 38.5. The largest absolute Gasteiger partial charge is 0.464 e. The van der Waals surface area contributed by atoms with Gasteiger partial charge in [-0.05, 0) is 49.9 Å². The number of hydrogen-bond acceptors (Lipinski definition) is 12. The highest BCUT2D eigenvalue weighted by Crippen LogP contribution is 2.48. The SMILES string of the molecule is CCC(CC)COC(=O)[C@H](C)NP(=O)(OC[C@H]1O[C@@](C#N)(c2ccc3c(N)ncnn23)[C@H](O)[C@@H]1O)Oc1c(C)cccc1C. The number of aliphatic hydroxyl groups is 2. The van der Waals surface area contributed by atoms with E-state index in [0.717, 1.165) is 12.8 Å². The van der Waals surface area contributed by atoms with Crippen LogP contribution < -0.4 is 15.3 Å². The molecule has 0 bridgehead atoms. The van der Waals surface area contributed by atoms with E-state index in [-0.39, 0.29) is 29.8 Å². The number of hydrogen-bond donors (Lipinski definition) is 4. The van der Waals surface area contributed by atoms with Crippen LogP contribution in [0.15, 0.2) is 36.7 Å². The van der Waals surface area contributed by atoms with Crippen molar-refractivity contribution in [3.8, 4) is 11.8 Å². The highest BCUT2D eigenvalue weighted by atomic mass is 31.2. The van der Waals surface area contributed by atoms with Crippen LogP contribution in [-0.4, -0.2) is 68.3 Å². The molecule has 14 nitrogen and oxygen atoms in total. The monoisotopic (exact) mass is 630 g/mol. The number of carbonyl (C=O) groups excluding carboxylic acids is 1. The van der Waals surface area contributed by atoms with Crippen LogP contribution in [-0.2, 0) is 29.0 Å². The Balaban J connectivity index is 1.58. The molecule has 4 rings (SSSR count). The van der Waals surface area contributed by atoms with E-state index in [9.17, 15) is 24.8 Å². The maximum Gasteiger partial charge on any atom is 0.459 e. The summed E-state index contributed by atoms with van der Waals surface area (Å²) in [5.41, 5.74) is 5.62. The van der Waals surface area contributed by atoms with Crippen LogP contribution in [0.4, 0.5) is 5.82 Å². The molecule has 1 fully saturated rings. The minimum Gasteiger partial charge on any atom is -0.464 e. The molecule has 6 atom stereocenters. The van der Waals surface area contributed by atoms with Gasteiger partial charge in [-0.25, -0.2) is 14.1 Å². The normalized spacial score (nSPS) is 23.8. The predicted molar refractivity (Wildman–Crippen MR) is 159 cm³/mol. The molecule has 15 heteroatoms. The van der Waals surface area contributed by atoms with Crippen molar-refractivity contribution in [1.82, 2.24) is 19.7 Å². The first kappa shape index (κ1) is 33.3. The molecule has 0 saturated carbocycles. The topological polar surface area (TPSA) is 204 Å². The Bertz CT molecular complexity index is 1550.